The molecule has 1 spiro atoms. The minimum Gasteiger partial charge on any atom is -0.343 e. The zero-order valence-electron chi connectivity index (χ0n) is 15.7. The highest BCUT2D eigenvalue weighted by Gasteiger charge is 2.46. The molecule has 5 heteroatoms. The van der Waals surface area contributed by atoms with Gasteiger partial charge < -0.3 is 9.80 Å². The van der Waals surface area contributed by atoms with Gasteiger partial charge in [-0.15, -0.1) is 0 Å². The van der Waals surface area contributed by atoms with Gasteiger partial charge in [-0.05, 0) is 63.5 Å². The van der Waals surface area contributed by atoms with Crippen molar-refractivity contribution in [1.82, 2.24) is 14.8 Å². The third kappa shape index (κ3) is 3.62. The number of rotatable bonds is 4. The molecule has 1 aromatic rings. The van der Waals surface area contributed by atoms with Crippen LogP contribution >= 0.6 is 0 Å². The second-order valence-electron chi connectivity index (χ2n) is 8.41. The maximum Gasteiger partial charge on any atom is 0.229 e. The lowest BCUT2D eigenvalue weighted by molar-refractivity contribution is -0.153. The highest BCUT2D eigenvalue weighted by Crippen LogP contribution is 2.42. The van der Waals surface area contributed by atoms with Crippen molar-refractivity contribution in [2.75, 3.05) is 19.6 Å². The van der Waals surface area contributed by atoms with E-state index in [2.05, 4.69) is 4.98 Å². The van der Waals surface area contributed by atoms with E-state index in [0.717, 1.165) is 56.7 Å². The number of hydrogen-bond acceptors (Lipinski definition) is 3. The maximum absolute atomic E-state index is 13.3. The van der Waals surface area contributed by atoms with Gasteiger partial charge in [0.2, 0.25) is 11.8 Å². The van der Waals surface area contributed by atoms with E-state index in [1.165, 1.54) is 12.8 Å². The Morgan fingerprint density at radius 3 is 2.65 bits per heavy atom. The smallest absolute Gasteiger partial charge is 0.229 e. The molecule has 0 atom stereocenters. The molecule has 140 valence electrons. The van der Waals surface area contributed by atoms with Gasteiger partial charge in [0.25, 0.3) is 0 Å². The summed E-state index contributed by atoms with van der Waals surface area (Å²) in [6, 6.07) is 5.99. The molecule has 26 heavy (non-hydrogen) atoms. The summed E-state index contributed by atoms with van der Waals surface area (Å²) in [5, 5.41) is 0. The number of carbonyl (C=O) groups excluding carboxylic acids is 2. The standard InChI is InChI=1S/C21H29N3O2/c1-16-4-2-5-18(22-16)15-24-11-3-8-21(20(24)26)9-12-23(13-10-21)19(25)14-17-6-7-17/h2,4-5,17H,3,6-15H2,1H3. The minimum atomic E-state index is -0.252. The first-order valence-corrected chi connectivity index (χ1v) is 10.1. The Balaban J connectivity index is 1.39. The highest BCUT2D eigenvalue weighted by atomic mass is 16.2. The van der Waals surface area contributed by atoms with Crippen LogP contribution in [0.3, 0.4) is 0 Å². The van der Waals surface area contributed by atoms with Gasteiger partial charge in [-0.3, -0.25) is 14.6 Å². The molecule has 0 unspecified atom stereocenters. The van der Waals surface area contributed by atoms with E-state index >= 15 is 0 Å². The van der Waals surface area contributed by atoms with Crippen LogP contribution in [0.5, 0.6) is 0 Å². The molecule has 3 aliphatic rings. The van der Waals surface area contributed by atoms with Gasteiger partial charge in [0.05, 0.1) is 17.7 Å². The number of carbonyl (C=O) groups is 2. The molecule has 4 rings (SSSR count). The van der Waals surface area contributed by atoms with Crippen LogP contribution in [0.1, 0.15) is 56.3 Å². The molecule has 3 fully saturated rings. The Kier molecular flexibility index (Phi) is 4.72. The van der Waals surface area contributed by atoms with E-state index in [-0.39, 0.29) is 11.3 Å². The van der Waals surface area contributed by atoms with E-state index in [9.17, 15) is 9.59 Å². The van der Waals surface area contributed by atoms with Crippen molar-refractivity contribution >= 4 is 11.8 Å². The Bertz CT molecular complexity index is 690. The van der Waals surface area contributed by atoms with Crippen LogP contribution < -0.4 is 0 Å². The molecule has 1 aliphatic carbocycles. The molecule has 0 bridgehead atoms. The van der Waals surface area contributed by atoms with Gasteiger partial charge >= 0.3 is 0 Å². The van der Waals surface area contributed by atoms with Gasteiger partial charge in [0.15, 0.2) is 0 Å². The first-order valence-electron chi connectivity index (χ1n) is 10.1. The fourth-order valence-corrected chi connectivity index (χ4v) is 4.53. The van der Waals surface area contributed by atoms with E-state index < -0.39 is 0 Å². The summed E-state index contributed by atoms with van der Waals surface area (Å²) in [5.74, 6) is 1.21. The number of hydrogen-bond donors (Lipinski definition) is 0. The highest BCUT2D eigenvalue weighted by molar-refractivity contribution is 5.84. The summed E-state index contributed by atoms with van der Waals surface area (Å²) in [5.41, 5.74) is 1.70. The Hall–Kier alpha value is -1.91. The van der Waals surface area contributed by atoms with Crippen molar-refractivity contribution in [3.8, 4) is 0 Å². The molecule has 2 aliphatic heterocycles. The summed E-state index contributed by atoms with van der Waals surface area (Å²) >= 11 is 0. The molecule has 0 N–H and O–H groups in total. The number of piperidine rings is 2. The summed E-state index contributed by atoms with van der Waals surface area (Å²) in [4.78, 5) is 34.2. The Morgan fingerprint density at radius 1 is 1.19 bits per heavy atom. The lowest BCUT2D eigenvalue weighted by Crippen LogP contribution is -2.54. The van der Waals surface area contributed by atoms with Crippen molar-refractivity contribution in [3.63, 3.8) is 0 Å². The predicted octanol–water partition coefficient (Wildman–Crippen LogP) is 2.92. The van der Waals surface area contributed by atoms with Crippen molar-refractivity contribution in [2.24, 2.45) is 11.3 Å². The lowest BCUT2D eigenvalue weighted by Gasteiger charge is -2.46. The van der Waals surface area contributed by atoms with Crippen molar-refractivity contribution in [1.29, 1.82) is 0 Å². The van der Waals surface area contributed by atoms with E-state index in [1.807, 2.05) is 34.9 Å². The van der Waals surface area contributed by atoms with Crippen LogP contribution in [0.15, 0.2) is 18.2 Å². The van der Waals surface area contributed by atoms with Crippen molar-refractivity contribution in [3.05, 3.63) is 29.6 Å². The number of pyridine rings is 1. The van der Waals surface area contributed by atoms with Gasteiger partial charge in [0, 0.05) is 31.7 Å². The molecule has 1 saturated carbocycles. The molecule has 0 radical (unpaired) electrons. The quantitative estimate of drug-likeness (QED) is 0.834. The molecule has 5 nitrogen and oxygen atoms in total. The summed E-state index contributed by atoms with van der Waals surface area (Å²) in [7, 11) is 0. The van der Waals surface area contributed by atoms with Gasteiger partial charge in [-0.1, -0.05) is 6.07 Å². The SMILES string of the molecule is Cc1cccc(CN2CCCC3(CCN(C(=O)CC4CC4)CC3)C2=O)n1. The largest absolute Gasteiger partial charge is 0.343 e. The monoisotopic (exact) mass is 355 g/mol. The first-order chi connectivity index (χ1) is 12.6. The van der Waals surface area contributed by atoms with Crippen molar-refractivity contribution in [2.45, 2.75) is 58.4 Å². The molecule has 0 aromatic carbocycles. The van der Waals surface area contributed by atoms with Crippen LogP contribution in [-0.2, 0) is 16.1 Å². The normalized spacial score (nSPS) is 22.7. The third-order valence-electron chi connectivity index (χ3n) is 6.36. The van der Waals surface area contributed by atoms with Crippen LogP contribution in [0.2, 0.25) is 0 Å². The molecule has 1 aromatic heterocycles. The Labute approximate surface area is 155 Å². The topological polar surface area (TPSA) is 53.5 Å². The fraction of sp³-hybridized carbons (Fsp3) is 0.667. The molecule has 2 amide bonds. The first kappa shape index (κ1) is 17.5. The van der Waals surface area contributed by atoms with E-state index in [1.54, 1.807) is 0 Å². The Morgan fingerprint density at radius 2 is 1.96 bits per heavy atom. The zero-order valence-corrected chi connectivity index (χ0v) is 15.7. The van der Waals surface area contributed by atoms with Crippen molar-refractivity contribution < 1.29 is 9.59 Å². The summed E-state index contributed by atoms with van der Waals surface area (Å²) in [6.45, 7) is 4.90. The molecule has 2 saturated heterocycles. The molecule has 3 heterocycles. The lowest BCUT2D eigenvalue weighted by atomic mass is 9.71. The fourth-order valence-electron chi connectivity index (χ4n) is 4.53. The predicted molar refractivity (Wildman–Crippen MR) is 99.2 cm³/mol. The van der Waals surface area contributed by atoms with Crippen LogP contribution in [0.4, 0.5) is 0 Å². The average molecular weight is 355 g/mol. The number of aryl methyl sites for hydroxylation is 1. The van der Waals surface area contributed by atoms with Crippen LogP contribution in [0, 0.1) is 18.3 Å². The number of nitrogens with zero attached hydrogens (tertiary/aromatic N) is 3. The second-order valence-corrected chi connectivity index (χ2v) is 8.41. The summed E-state index contributed by atoms with van der Waals surface area (Å²) in [6.07, 6.45) is 6.79. The van der Waals surface area contributed by atoms with Crippen LogP contribution in [0.25, 0.3) is 0 Å². The van der Waals surface area contributed by atoms with Gasteiger partial charge in [0.1, 0.15) is 0 Å². The van der Waals surface area contributed by atoms with E-state index in [4.69, 9.17) is 0 Å². The number of amides is 2. The van der Waals surface area contributed by atoms with Gasteiger partial charge in [-0.2, -0.15) is 0 Å². The molecular formula is C21H29N3O2. The number of likely N-dealkylation sites (tertiary alicyclic amines) is 2. The van der Waals surface area contributed by atoms with Gasteiger partial charge in [-0.25, -0.2) is 0 Å². The zero-order chi connectivity index (χ0) is 18.1. The average Bonchev–Trinajstić information content (AvgIpc) is 3.44. The third-order valence-corrected chi connectivity index (χ3v) is 6.36. The van der Waals surface area contributed by atoms with E-state index in [0.29, 0.717) is 24.8 Å². The minimum absolute atomic E-state index is 0.252. The second kappa shape index (κ2) is 7.01. The van der Waals surface area contributed by atoms with Crippen LogP contribution in [-0.4, -0.2) is 46.2 Å². The maximum atomic E-state index is 13.3. The number of aromatic nitrogens is 1. The summed E-state index contributed by atoms with van der Waals surface area (Å²) < 4.78 is 0. The molecular weight excluding hydrogens is 326 g/mol.